The summed E-state index contributed by atoms with van der Waals surface area (Å²) in [4.78, 5) is 12.8. The van der Waals surface area contributed by atoms with Gasteiger partial charge in [-0.1, -0.05) is 32.4 Å². The number of carbonyl (C=O) groups excluding carboxylic acids is 1. The van der Waals surface area contributed by atoms with Crippen molar-refractivity contribution in [2.24, 2.45) is 17.6 Å². The summed E-state index contributed by atoms with van der Waals surface area (Å²) in [7, 11) is -3.46. The van der Waals surface area contributed by atoms with Crippen molar-refractivity contribution in [3.05, 3.63) is 29.8 Å². The molecular formula is C19H32ClN3O3S. The zero-order chi connectivity index (χ0) is 19.3. The summed E-state index contributed by atoms with van der Waals surface area (Å²) in [6, 6.07) is 6.60. The maximum Gasteiger partial charge on any atom is 0.243 e. The van der Waals surface area contributed by atoms with Crippen LogP contribution < -0.4 is 11.1 Å². The van der Waals surface area contributed by atoms with Gasteiger partial charge >= 0.3 is 0 Å². The monoisotopic (exact) mass is 417 g/mol. The van der Waals surface area contributed by atoms with E-state index in [0.29, 0.717) is 19.6 Å². The Kier molecular flexibility index (Phi) is 9.21. The molecule has 1 unspecified atom stereocenters. The van der Waals surface area contributed by atoms with Crippen molar-refractivity contribution < 1.29 is 13.2 Å². The minimum absolute atomic E-state index is 0. The lowest BCUT2D eigenvalue weighted by Crippen LogP contribution is -2.36. The standard InChI is InChI=1S/C19H31N3O3S.ClH/c1-4-22(5-2)26(24,25)17-11-9-15(10-12-17)14(3)21-19(23)18-8-6-7-16(18)13-20;/h9-12,14,16,18H,4-8,13,20H2,1-3H3,(H,21,23);1H/t14?,16-,18-;/m1./s1. The first-order chi connectivity index (χ1) is 12.3. The normalized spacial score (nSPS) is 20.9. The van der Waals surface area contributed by atoms with Crippen molar-refractivity contribution >= 4 is 28.3 Å². The van der Waals surface area contributed by atoms with E-state index in [1.165, 1.54) is 4.31 Å². The van der Waals surface area contributed by atoms with E-state index in [-0.39, 0.29) is 41.1 Å². The van der Waals surface area contributed by atoms with Crippen LogP contribution in [0.3, 0.4) is 0 Å². The van der Waals surface area contributed by atoms with Crippen molar-refractivity contribution in [2.45, 2.75) is 51.0 Å². The number of nitrogens with zero attached hydrogens (tertiary/aromatic N) is 1. The molecule has 1 aliphatic rings. The third-order valence-electron chi connectivity index (χ3n) is 5.38. The molecule has 0 aliphatic heterocycles. The molecule has 0 aromatic heterocycles. The Bertz CT molecular complexity index is 705. The summed E-state index contributed by atoms with van der Waals surface area (Å²) in [6.45, 7) is 6.99. The molecule has 3 atom stereocenters. The molecule has 1 aromatic rings. The molecular weight excluding hydrogens is 386 g/mol. The quantitative estimate of drug-likeness (QED) is 0.680. The van der Waals surface area contributed by atoms with Gasteiger partial charge in [0.15, 0.2) is 0 Å². The number of rotatable bonds is 8. The van der Waals surface area contributed by atoms with Crippen LogP contribution in [0.25, 0.3) is 0 Å². The van der Waals surface area contributed by atoms with Gasteiger partial charge in [0.05, 0.1) is 10.9 Å². The van der Waals surface area contributed by atoms with Crippen LogP contribution in [0.2, 0.25) is 0 Å². The summed E-state index contributed by atoms with van der Waals surface area (Å²) in [5.74, 6) is 0.304. The second-order valence-corrected chi connectivity index (χ2v) is 8.86. The molecule has 1 amide bonds. The number of hydrogen-bond acceptors (Lipinski definition) is 4. The van der Waals surface area contributed by atoms with Gasteiger partial charge in [-0.25, -0.2) is 8.42 Å². The minimum atomic E-state index is -3.46. The van der Waals surface area contributed by atoms with Crippen LogP contribution in [0.5, 0.6) is 0 Å². The van der Waals surface area contributed by atoms with E-state index >= 15 is 0 Å². The average Bonchev–Trinajstić information content (AvgIpc) is 3.11. The number of amides is 1. The van der Waals surface area contributed by atoms with Gasteiger partial charge in [0.2, 0.25) is 15.9 Å². The van der Waals surface area contributed by atoms with Crippen LogP contribution in [-0.2, 0) is 14.8 Å². The molecule has 3 N–H and O–H groups in total. The lowest BCUT2D eigenvalue weighted by atomic mass is 9.95. The van der Waals surface area contributed by atoms with Crippen molar-refractivity contribution in [3.63, 3.8) is 0 Å². The fourth-order valence-corrected chi connectivity index (χ4v) is 5.17. The van der Waals surface area contributed by atoms with Gasteiger partial charge in [-0.05, 0) is 49.9 Å². The molecule has 0 saturated heterocycles. The van der Waals surface area contributed by atoms with E-state index in [9.17, 15) is 13.2 Å². The Morgan fingerprint density at radius 3 is 2.33 bits per heavy atom. The van der Waals surface area contributed by atoms with E-state index < -0.39 is 10.0 Å². The largest absolute Gasteiger partial charge is 0.349 e. The SMILES string of the molecule is CCN(CC)S(=O)(=O)c1ccc(C(C)NC(=O)[C@@H]2CCC[C@@H]2CN)cc1.Cl. The molecule has 27 heavy (non-hydrogen) atoms. The highest BCUT2D eigenvalue weighted by Gasteiger charge is 2.32. The van der Waals surface area contributed by atoms with E-state index in [0.717, 1.165) is 24.8 Å². The number of sulfonamides is 1. The lowest BCUT2D eigenvalue weighted by Gasteiger charge is -2.22. The number of nitrogens with one attached hydrogen (secondary N) is 1. The highest BCUT2D eigenvalue weighted by molar-refractivity contribution is 7.89. The average molecular weight is 418 g/mol. The first kappa shape index (κ1) is 23.9. The van der Waals surface area contributed by atoms with Gasteiger partial charge in [-0.2, -0.15) is 4.31 Å². The molecule has 0 bridgehead atoms. The second kappa shape index (κ2) is 10.4. The number of nitrogens with two attached hydrogens (primary N) is 1. The summed E-state index contributed by atoms with van der Waals surface area (Å²) < 4.78 is 26.5. The van der Waals surface area contributed by atoms with Gasteiger partial charge in [-0.3, -0.25) is 4.79 Å². The predicted octanol–water partition coefficient (Wildman–Crippen LogP) is 2.69. The summed E-state index contributed by atoms with van der Waals surface area (Å²) in [5, 5.41) is 3.05. The van der Waals surface area contributed by atoms with Gasteiger partial charge < -0.3 is 11.1 Å². The van der Waals surface area contributed by atoms with Crippen LogP contribution in [0, 0.1) is 11.8 Å². The lowest BCUT2D eigenvalue weighted by molar-refractivity contribution is -0.126. The number of benzene rings is 1. The molecule has 154 valence electrons. The molecule has 2 rings (SSSR count). The predicted molar refractivity (Wildman–Crippen MR) is 110 cm³/mol. The fraction of sp³-hybridized carbons (Fsp3) is 0.632. The number of hydrogen-bond donors (Lipinski definition) is 2. The molecule has 0 spiro atoms. The summed E-state index contributed by atoms with van der Waals surface area (Å²) in [5.41, 5.74) is 6.66. The molecule has 8 heteroatoms. The van der Waals surface area contributed by atoms with E-state index in [2.05, 4.69) is 5.32 Å². The smallest absolute Gasteiger partial charge is 0.243 e. The summed E-state index contributed by atoms with van der Waals surface area (Å²) in [6.07, 6.45) is 2.95. The van der Waals surface area contributed by atoms with Gasteiger partial charge in [-0.15, -0.1) is 12.4 Å². The maximum absolute atomic E-state index is 12.5. The Morgan fingerprint density at radius 1 is 1.22 bits per heavy atom. The third kappa shape index (κ3) is 5.44. The van der Waals surface area contributed by atoms with E-state index in [1.54, 1.807) is 24.3 Å². The van der Waals surface area contributed by atoms with Crippen LogP contribution in [0.4, 0.5) is 0 Å². The zero-order valence-corrected chi connectivity index (χ0v) is 18.0. The van der Waals surface area contributed by atoms with Crippen molar-refractivity contribution in [3.8, 4) is 0 Å². The topological polar surface area (TPSA) is 92.5 Å². The molecule has 1 aromatic carbocycles. The highest BCUT2D eigenvalue weighted by Crippen LogP contribution is 2.31. The zero-order valence-electron chi connectivity index (χ0n) is 16.3. The molecule has 0 radical (unpaired) electrons. The van der Waals surface area contributed by atoms with Crippen LogP contribution >= 0.6 is 12.4 Å². The van der Waals surface area contributed by atoms with Crippen LogP contribution in [-0.4, -0.2) is 38.3 Å². The van der Waals surface area contributed by atoms with Gasteiger partial charge in [0.1, 0.15) is 0 Å². The molecule has 6 nitrogen and oxygen atoms in total. The van der Waals surface area contributed by atoms with Crippen LogP contribution in [0.15, 0.2) is 29.2 Å². The summed E-state index contributed by atoms with van der Waals surface area (Å²) >= 11 is 0. The molecule has 1 aliphatic carbocycles. The third-order valence-corrected chi connectivity index (χ3v) is 7.44. The Labute approximate surface area is 169 Å². The highest BCUT2D eigenvalue weighted by atomic mass is 35.5. The Balaban J connectivity index is 0.00000364. The van der Waals surface area contributed by atoms with Gasteiger partial charge in [0, 0.05) is 19.0 Å². The van der Waals surface area contributed by atoms with Crippen LogP contribution in [0.1, 0.15) is 51.6 Å². The fourth-order valence-electron chi connectivity index (χ4n) is 3.71. The maximum atomic E-state index is 12.5. The first-order valence-corrected chi connectivity index (χ1v) is 10.9. The van der Waals surface area contributed by atoms with Crippen molar-refractivity contribution in [1.82, 2.24) is 9.62 Å². The van der Waals surface area contributed by atoms with Crippen molar-refractivity contribution in [2.75, 3.05) is 19.6 Å². The molecule has 1 saturated carbocycles. The Hall–Kier alpha value is -1.15. The van der Waals surface area contributed by atoms with E-state index in [4.69, 9.17) is 5.73 Å². The van der Waals surface area contributed by atoms with Crippen molar-refractivity contribution in [1.29, 1.82) is 0 Å². The number of halogens is 1. The van der Waals surface area contributed by atoms with Gasteiger partial charge in [0.25, 0.3) is 0 Å². The molecule has 0 heterocycles. The minimum Gasteiger partial charge on any atom is -0.349 e. The molecule has 1 fully saturated rings. The second-order valence-electron chi connectivity index (χ2n) is 6.92. The number of carbonyl (C=O) groups is 1. The Morgan fingerprint density at radius 2 is 1.81 bits per heavy atom. The first-order valence-electron chi connectivity index (χ1n) is 9.45. The van der Waals surface area contributed by atoms with E-state index in [1.807, 2.05) is 20.8 Å².